The van der Waals surface area contributed by atoms with Gasteiger partial charge in [-0.1, -0.05) is 18.2 Å². The summed E-state index contributed by atoms with van der Waals surface area (Å²) in [5.74, 6) is 1.13. The molecule has 3 heterocycles. The van der Waals surface area contributed by atoms with Crippen LogP contribution in [0.2, 0.25) is 0 Å². The fraction of sp³-hybridized carbons (Fsp3) is 0.421. The molecule has 0 aromatic carbocycles. The summed E-state index contributed by atoms with van der Waals surface area (Å²) in [5.41, 5.74) is 6.47. The largest absolute Gasteiger partial charge is 0.361 e. The van der Waals surface area contributed by atoms with Gasteiger partial charge in [-0.2, -0.15) is 5.10 Å². The summed E-state index contributed by atoms with van der Waals surface area (Å²) in [7, 11) is 2.00. The highest BCUT2D eigenvalue weighted by molar-refractivity contribution is 5.84. The summed E-state index contributed by atoms with van der Waals surface area (Å²) < 4.78 is 5.29. The molecule has 0 radical (unpaired) electrons. The van der Waals surface area contributed by atoms with Crippen LogP contribution in [0.25, 0.3) is 16.7 Å². The van der Waals surface area contributed by atoms with Gasteiger partial charge in [0.25, 0.3) is 0 Å². The van der Waals surface area contributed by atoms with Gasteiger partial charge >= 0.3 is 0 Å². The van der Waals surface area contributed by atoms with Crippen molar-refractivity contribution in [3.05, 3.63) is 41.1 Å². The maximum Gasteiger partial charge on any atom is 0.141 e. The molecule has 0 amide bonds. The molecule has 2 aromatic rings. The van der Waals surface area contributed by atoms with E-state index in [0.29, 0.717) is 5.92 Å². The third-order valence-electron chi connectivity index (χ3n) is 4.40. The van der Waals surface area contributed by atoms with Crippen molar-refractivity contribution < 1.29 is 4.52 Å². The van der Waals surface area contributed by atoms with E-state index >= 15 is 0 Å². The van der Waals surface area contributed by atoms with Gasteiger partial charge in [-0.3, -0.25) is 9.99 Å². The molecule has 5 nitrogen and oxygen atoms in total. The Morgan fingerprint density at radius 1 is 1.38 bits per heavy atom. The molecule has 2 aromatic heterocycles. The molecular formula is C19H24N4O. The quantitative estimate of drug-likeness (QED) is 0.853. The van der Waals surface area contributed by atoms with Crippen molar-refractivity contribution >= 4 is 11.8 Å². The number of aryl methyl sites for hydroxylation is 3. The molecule has 0 fully saturated rings. The first kappa shape index (κ1) is 16.4. The predicted octanol–water partition coefficient (Wildman–Crippen LogP) is 4.00. The number of allylic oxidation sites excluding steroid dienone is 1. The smallest absolute Gasteiger partial charge is 0.141 e. The lowest BCUT2D eigenvalue weighted by molar-refractivity contribution is 0.378. The van der Waals surface area contributed by atoms with Gasteiger partial charge in [0.2, 0.25) is 0 Å². The Morgan fingerprint density at radius 2 is 2.17 bits per heavy atom. The van der Waals surface area contributed by atoms with E-state index in [1.807, 2.05) is 38.3 Å². The Hall–Kier alpha value is -2.43. The zero-order chi connectivity index (χ0) is 17.3. The van der Waals surface area contributed by atoms with Crippen LogP contribution in [-0.4, -0.2) is 35.0 Å². The Labute approximate surface area is 143 Å². The molecule has 1 aliphatic rings. The second kappa shape index (κ2) is 6.59. The number of hydrogen-bond donors (Lipinski definition) is 0. The van der Waals surface area contributed by atoms with Crippen LogP contribution in [0, 0.1) is 26.7 Å². The van der Waals surface area contributed by atoms with E-state index in [2.05, 4.69) is 36.2 Å². The van der Waals surface area contributed by atoms with Crippen molar-refractivity contribution in [2.45, 2.75) is 34.1 Å². The van der Waals surface area contributed by atoms with Crippen LogP contribution < -0.4 is 0 Å². The zero-order valence-electron chi connectivity index (χ0n) is 15.0. The van der Waals surface area contributed by atoms with E-state index in [0.717, 1.165) is 46.8 Å². The van der Waals surface area contributed by atoms with E-state index in [9.17, 15) is 0 Å². The van der Waals surface area contributed by atoms with Crippen molar-refractivity contribution in [2.75, 3.05) is 13.6 Å². The van der Waals surface area contributed by atoms with Gasteiger partial charge < -0.3 is 4.52 Å². The highest BCUT2D eigenvalue weighted by atomic mass is 16.5. The molecule has 5 heteroatoms. The minimum atomic E-state index is 0.297. The summed E-state index contributed by atoms with van der Waals surface area (Å²) in [6, 6.07) is 2.17. The van der Waals surface area contributed by atoms with Crippen LogP contribution in [0.1, 0.15) is 36.1 Å². The Kier molecular flexibility index (Phi) is 4.51. The molecular weight excluding hydrogens is 300 g/mol. The highest BCUT2D eigenvalue weighted by Crippen LogP contribution is 2.32. The molecule has 0 spiro atoms. The maximum absolute atomic E-state index is 5.29. The minimum absolute atomic E-state index is 0.297. The number of pyridine rings is 1. The lowest BCUT2D eigenvalue weighted by Crippen LogP contribution is -2.16. The monoisotopic (exact) mass is 324 g/mol. The molecule has 3 rings (SSSR count). The van der Waals surface area contributed by atoms with E-state index in [1.165, 1.54) is 5.57 Å². The summed E-state index contributed by atoms with van der Waals surface area (Å²) in [6.07, 6.45) is 7.19. The highest BCUT2D eigenvalue weighted by Gasteiger charge is 2.23. The SMILES string of the molecule is CC/C=C(\c1ncc(-c2c(C)noc2C)cc1C)C1C=NN(C)C1. The fourth-order valence-electron chi connectivity index (χ4n) is 3.30. The van der Waals surface area contributed by atoms with Crippen molar-refractivity contribution in [1.82, 2.24) is 15.1 Å². The topological polar surface area (TPSA) is 54.5 Å². The van der Waals surface area contributed by atoms with Gasteiger partial charge in [-0.15, -0.1) is 0 Å². The van der Waals surface area contributed by atoms with E-state index in [1.54, 1.807) is 0 Å². The van der Waals surface area contributed by atoms with Gasteiger partial charge in [0.1, 0.15) is 5.76 Å². The summed E-state index contributed by atoms with van der Waals surface area (Å²) >= 11 is 0. The third kappa shape index (κ3) is 2.98. The molecule has 126 valence electrons. The molecule has 0 bridgehead atoms. The number of aromatic nitrogens is 2. The first-order chi connectivity index (χ1) is 11.5. The number of hydrogen-bond acceptors (Lipinski definition) is 5. The average molecular weight is 324 g/mol. The van der Waals surface area contributed by atoms with E-state index in [-0.39, 0.29) is 0 Å². The molecule has 24 heavy (non-hydrogen) atoms. The number of nitrogens with zero attached hydrogens (tertiary/aromatic N) is 4. The van der Waals surface area contributed by atoms with E-state index < -0.39 is 0 Å². The van der Waals surface area contributed by atoms with Gasteiger partial charge in [0.05, 0.1) is 11.4 Å². The van der Waals surface area contributed by atoms with Crippen molar-refractivity contribution in [3.8, 4) is 11.1 Å². The van der Waals surface area contributed by atoms with Crippen LogP contribution in [0.3, 0.4) is 0 Å². The van der Waals surface area contributed by atoms with Crippen LogP contribution in [0.15, 0.2) is 28.0 Å². The first-order valence-corrected chi connectivity index (χ1v) is 8.36. The molecule has 0 saturated carbocycles. The summed E-state index contributed by atoms with van der Waals surface area (Å²) in [4.78, 5) is 4.79. The third-order valence-corrected chi connectivity index (χ3v) is 4.40. The standard InChI is InChI=1S/C19H24N4O/c1-6-7-17(16-10-21-23(5)11-16)19-12(2)8-15(9-20-19)18-13(3)22-24-14(18)4/h7-10,16H,6,11H2,1-5H3/b17-7-. The average Bonchev–Trinajstić information content (AvgIpc) is 3.11. The van der Waals surface area contributed by atoms with Gasteiger partial charge in [0.15, 0.2) is 0 Å². The molecule has 1 unspecified atom stereocenters. The maximum atomic E-state index is 5.29. The van der Waals surface area contributed by atoms with Crippen molar-refractivity contribution in [1.29, 1.82) is 0 Å². The van der Waals surface area contributed by atoms with Gasteiger partial charge in [-0.25, -0.2) is 0 Å². The lowest BCUT2D eigenvalue weighted by Gasteiger charge is -2.16. The second-order valence-electron chi connectivity index (χ2n) is 6.37. The molecule has 0 saturated heterocycles. The minimum Gasteiger partial charge on any atom is -0.361 e. The van der Waals surface area contributed by atoms with Crippen LogP contribution in [0.5, 0.6) is 0 Å². The summed E-state index contributed by atoms with van der Waals surface area (Å²) in [5, 5.41) is 10.4. The second-order valence-corrected chi connectivity index (χ2v) is 6.37. The molecule has 1 aliphatic heterocycles. The Balaban J connectivity index is 2.00. The fourth-order valence-corrected chi connectivity index (χ4v) is 3.30. The van der Waals surface area contributed by atoms with Crippen LogP contribution in [0.4, 0.5) is 0 Å². The van der Waals surface area contributed by atoms with Gasteiger partial charge in [-0.05, 0) is 44.4 Å². The summed E-state index contributed by atoms with van der Waals surface area (Å²) in [6.45, 7) is 9.07. The number of rotatable bonds is 4. The lowest BCUT2D eigenvalue weighted by atomic mass is 9.92. The number of hydrazone groups is 1. The zero-order valence-corrected chi connectivity index (χ0v) is 15.0. The van der Waals surface area contributed by atoms with E-state index in [4.69, 9.17) is 9.51 Å². The molecule has 0 N–H and O–H groups in total. The van der Waals surface area contributed by atoms with Crippen LogP contribution in [-0.2, 0) is 0 Å². The predicted molar refractivity (Wildman–Crippen MR) is 96.8 cm³/mol. The first-order valence-electron chi connectivity index (χ1n) is 8.36. The van der Waals surface area contributed by atoms with Crippen LogP contribution >= 0.6 is 0 Å². The van der Waals surface area contributed by atoms with Crippen molar-refractivity contribution in [3.63, 3.8) is 0 Å². The van der Waals surface area contributed by atoms with Crippen molar-refractivity contribution in [2.24, 2.45) is 11.0 Å². The Morgan fingerprint density at radius 3 is 2.71 bits per heavy atom. The Bertz CT molecular complexity index is 784. The molecule has 0 aliphatic carbocycles. The molecule has 1 atom stereocenters. The van der Waals surface area contributed by atoms with Gasteiger partial charge in [0, 0.05) is 43.0 Å². The normalized spacial score (nSPS) is 17.8.